The van der Waals surface area contributed by atoms with Gasteiger partial charge in [0.05, 0.1) is 10.0 Å². The molecule has 0 saturated heterocycles. The molecule has 0 fully saturated rings. The standard InChI is InChI=1S/C13H8Cl4/c1-7-6-8(2-3-9(7)14)12-10(15)4-5-11(16)13(12)17/h2-6H,1H3. The second-order valence-corrected chi connectivity index (χ2v) is 5.28. The second-order valence-electron chi connectivity index (χ2n) is 3.68. The predicted octanol–water partition coefficient (Wildman–Crippen LogP) is 6.28. The molecule has 2 rings (SSSR count). The molecule has 0 heterocycles. The first-order valence-corrected chi connectivity index (χ1v) is 6.42. The highest BCUT2D eigenvalue weighted by atomic mass is 35.5. The minimum Gasteiger partial charge on any atom is -0.0841 e. The lowest BCUT2D eigenvalue weighted by Crippen LogP contribution is -1.85. The van der Waals surface area contributed by atoms with E-state index in [-0.39, 0.29) is 0 Å². The minimum atomic E-state index is 0.459. The smallest absolute Gasteiger partial charge is 0.0685 e. The van der Waals surface area contributed by atoms with Gasteiger partial charge in [-0.25, -0.2) is 0 Å². The maximum Gasteiger partial charge on any atom is 0.0685 e. The van der Waals surface area contributed by atoms with Crippen LogP contribution in [0.25, 0.3) is 11.1 Å². The molecule has 0 nitrogen and oxygen atoms in total. The number of aryl methyl sites for hydroxylation is 1. The Morgan fingerprint density at radius 2 is 1.35 bits per heavy atom. The molecule has 0 bridgehead atoms. The average Bonchev–Trinajstić information content (AvgIpc) is 2.29. The SMILES string of the molecule is Cc1cc(-c2c(Cl)ccc(Cl)c2Cl)ccc1Cl. The van der Waals surface area contributed by atoms with Crippen LogP contribution in [0.15, 0.2) is 30.3 Å². The van der Waals surface area contributed by atoms with Crippen LogP contribution in [0.4, 0.5) is 0 Å². The lowest BCUT2D eigenvalue weighted by atomic mass is 10.0. The van der Waals surface area contributed by atoms with Gasteiger partial charge >= 0.3 is 0 Å². The quantitative estimate of drug-likeness (QED) is 0.544. The number of hydrogen-bond donors (Lipinski definition) is 0. The van der Waals surface area contributed by atoms with Crippen molar-refractivity contribution in [2.24, 2.45) is 0 Å². The molecule has 0 unspecified atom stereocenters. The Morgan fingerprint density at radius 3 is 2.00 bits per heavy atom. The van der Waals surface area contributed by atoms with Crippen LogP contribution in [0.2, 0.25) is 20.1 Å². The number of halogens is 4. The molecule has 0 atom stereocenters. The molecular weight excluding hydrogens is 298 g/mol. The van der Waals surface area contributed by atoms with Crippen molar-refractivity contribution in [1.29, 1.82) is 0 Å². The van der Waals surface area contributed by atoms with E-state index >= 15 is 0 Å². The second kappa shape index (κ2) is 5.07. The number of rotatable bonds is 1. The van der Waals surface area contributed by atoms with E-state index in [2.05, 4.69) is 0 Å². The summed E-state index contributed by atoms with van der Waals surface area (Å²) in [6, 6.07) is 9.04. The lowest BCUT2D eigenvalue weighted by Gasteiger charge is -2.10. The van der Waals surface area contributed by atoms with Gasteiger partial charge in [0, 0.05) is 15.6 Å². The van der Waals surface area contributed by atoms with Gasteiger partial charge in [-0.15, -0.1) is 0 Å². The Bertz CT molecular complexity index is 576. The molecule has 2 aromatic rings. The number of benzene rings is 2. The first-order chi connectivity index (χ1) is 8.00. The molecule has 2 aromatic carbocycles. The van der Waals surface area contributed by atoms with Crippen molar-refractivity contribution in [2.45, 2.75) is 6.92 Å². The minimum absolute atomic E-state index is 0.459. The summed E-state index contributed by atoms with van der Waals surface area (Å²) in [7, 11) is 0. The van der Waals surface area contributed by atoms with E-state index in [1.165, 1.54) is 0 Å². The summed E-state index contributed by atoms with van der Waals surface area (Å²) in [6.07, 6.45) is 0. The predicted molar refractivity (Wildman–Crippen MR) is 76.7 cm³/mol. The zero-order chi connectivity index (χ0) is 12.6. The summed E-state index contributed by atoms with van der Waals surface area (Å²) < 4.78 is 0. The molecule has 0 aliphatic carbocycles. The van der Waals surface area contributed by atoms with Crippen molar-refractivity contribution in [1.82, 2.24) is 0 Å². The van der Waals surface area contributed by atoms with Crippen molar-refractivity contribution in [3.05, 3.63) is 56.0 Å². The molecule has 0 N–H and O–H groups in total. The summed E-state index contributed by atoms with van der Waals surface area (Å²) >= 11 is 24.3. The van der Waals surface area contributed by atoms with Gasteiger partial charge in [0.25, 0.3) is 0 Å². The Kier molecular flexibility index (Phi) is 3.89. The Labute approximate surface area is 120 Å². The fourth-order valence-electron chi connectivity index (χ4n) is 1.59. The lowest BCUT2D eigenvalue weighted by molar-refractivity contribution is 1.46. The highest BCUT2D eigenvalue weighted by Crippen LogP contribution is 2.39. The summed E-state index contributed by atoms with van der Waals surface area (Å²) in [5.74, 6) is 0. The van der Waals surface area contributed by atoms with Gasteiger partial charge < -0.3 is 0 Å². The van der Waals surface area contributed by atoms with Crippen LogP contribution in [0.1, 0.15) is 5.56 Å². The average molecular weight is 306 g/mol. The van der Waals surface area contributed by atoms with Crippen LogP contribution in [-0.2, 0) is 0 Å². The third-order valence-corrected chi connectivity index (χ3v) is 4.03. The van der Waals surface area contributed by atoms with Gasteiger partial charge in [0.2, 0.25) is 0 Å². The van der Waals surface area contributed by atoms with Gasteiger partial charge in [-0.1, -0.05) is 52.5 Å². The highest BCUT2D eigenvalue weighted by Gasteiger charge is 2.12. The van der Waals surface area contributed by atoms with Crippen LogP contribution in [0, 0.1) is 6.92 Å². The molecule has 17 heavy (non-hydrogen) atoms. The molecule has 0 radical (unpaired) electrons. The molecule has 0 aliphatic rings. The summed E-state index contributed by atoms with van der Waals surface area (Å²) in [5, 5.41) is 2.23. The fraction of sp³-hybridized carbons (Fsp3) is 0.0769. The van der Waals surface area contributed by atoms with E-state index in [4.69, 9.17) is 46.4 Å². The van der Waals surface area contributed by atoms with Gasteiger partial charge in [0.15, 0.2) is 0 Å². The van der Waals surface area contributed by atoms with Gasteiger partial charge in [0.1, 0.15) is 0 Å². The van der Waals surface area contributed by atoms with Gasteiger partial charge in [-0.2, -0.15) is 0 Å². The molecule has 4 heteroatoms. The first kappa shape index (κ1) is 13.0. The zero-order valence-electron chi connectivity index (χ0n) is 8.90. The molecule has 0 aromatic heterocycles. The van der Waals surface area contributed by atoms with Crippen LogP contribution >= 0.6 is 46.4 Å². The Hall–Kier alpha value is -0.400. The van der Waals surface area contributed by atoms with Crippen molar-refractivity contribution in [3.8, 4) is 11.1 Å². The summed E-state index contributed by atoms with van der Waals surface area (Å²) in [5.41, 5.74) is 2.61. The molecule has 88 valence electrons. The fourth-order valence-corrected chi connectivity index (χ4v) is 2.46. The molecule has 0 aliphatic heterocycles. The van der Waals surface area contributed by atoms with Crippen LogP contribution in [-0.4, -0.2) is 0 Å². The van der Waals surface area contributed by atoms with E-state index in [1.54, 1.807) is 12.1 Å². The van der Waals surface area contributed by atoms with Gasteiger partial charge in [-0.05, 0) is 42.3 Å². The van der Waals surface area contributed by atoms with E-state index < -0.39 is 0 Å². The number of hydrogen-bond acceptors (Lipinski definition) is 0. The van der Waals surface area contributed by atoms with Crippen molar-refractivity contribution in [2.75, 3.05) is 0 Å². The third-order valence-electron chi connectivity index (χ3n) is 2.49. The molecular formula is C13H8Cl4. The van der Waals surface area contributed by atoms with Crippen LogP contribution < -0.4 is 0 Å². The van der Waals surface area contributed by atoms with E-state index in [0.717, 1.165) is 16.7 Å². The zero-order valence-corrected chi connectivity index (χ0v) is 11.9. The highest BCUT2D eigenvalue weighted by molar-refractivity contribution is 6.46. The van der Waals surface area contributed by atoms with Crippen molar-refractivity contribution in [3.63, 3.8) is 0 Å². The molecule has 0 saturated carbocycles. The molecule has 0 spiro atoms. The van der Waals surface area contributed by atoms with Crippen molar-refractivity contribution >= 4 is 46.4 Å². The van der Waals surface area contributed by atoms with Gasteiger partial charge in [-0.3, -0.25) is 0 Å². The van der Waals surface area contributed by atoms with Crippen molar-refractivity contribution < 1.29 is 0 Å². The largest absolute Gasteiger partial charge is 0.0841 e. The summed E-state index contributed by atoms with van der Waals surface area (Å²) in [4.78, 5) is 0. The maximum atomic E-state index is 6.18. The monoisotopic (exact) mass is 304 g/mol. The summed E-state index contributed by atoms with van der Waals surface area (Å²) in [6.45, 7) is 1.93. The third kappa shape index (κ3) is 2.56. The first-order valence-electron chi connectivity index (χ1n) is 4.90. The van der Waals surface area contributed by atoms with E-state index in [0.29, 0.717) is 20.1 Å². The molecule has 0 amide bonds. The van der Waals surface area contributed by atoms with E-state index in [1.807, 2.05) is 25.1 Å². The maximum absolute atomic E-state index is 6.18. The normalized spacial score (nSPS) is 10.6. The Morgan fingerprint density at radius 1 is 0.765 bits per heavy atom. The van der Waals surface area contributed by atoms with Crippen LogP contribution in [0.5, 0.6) is 0 Å². The Balaban J connectivity index is 2.68. The van der Waals surface area contributed by atoms with Crippen LogP contribution in [0.3, 0.4) is 0 Å². The topological polar surface area (TPSA) is 0 Å². The van der Waals surface area contributed by atoms with E-state index in [9.17, 15) is 0 Å².